The van der Waals surface area contributed by atoms with E-state index in [-0.39, 0.29) is 6.04 Å². The van der Waals surface area contributed by atoms with Crippen molar-refractivity contribution in [3.05, 3.63) is 188 Å². The molecule has 0 N–H and O–H groups in total. The van der Waals surface area contributed by atoms with Crippen molar-refractivity contribution in [2.24, 2.45) is 0 Å². The lowest BCUT2D eigenvalue weighted by molar-refractivity contribution is 0.664. The van der Waals surface area contributed by atoms with Gasteiger partial charge in [-0.2, -0.15) is 0 Å². The number of nitrogens with zero attached hydrogens (tertiary/aromatic N) is 1. The van der Waals surface area contributed by atoms with Crippen LogP contribution < -0.4 is 4.90 Å². The van der Waals surface area contributed by atoms with Crippen LogP contribution in [0.5, 0.6) is 0 Å². The molecular formula is C52H33NO3. The molecule has 0 bridgehead atoms. The molecule has 4 nitrogen and oxygen atoms in total. The zero-order valence-electron chi connectivity index (χ0n) is 30.3. The highest BCUT2D eigenvalue weighted by Gasteiger charge is 2.27. The molecule has 0 fully saturated rings. The monoisotopic (exact) mass is 719 g/mol. The van der Waals surface area contributed by atoms with Gasteiger partial charge in [0.15, 0.2) is 5.58 Å². The summed E-state index contributed by atoms with van der Waals surface area (Å²) in [6.07, 6.45) is 7.80. The first kappa shape index (κ1) is 31.1. The van der Waals surface area contributed by atoms with Crippen LogP contribution in [0.3, 0.4) is 0 Å². The van der Waals surface area contributed by atoms with E-state index in [9.17, 15) is 0 Å². The number of benzene rings is 8. The summed E-state index contributed by atoms with van der Waals surface area (Å²) in [6, 6.07) is 57.9. The lowest BCUT2D eigenvalue weighted by atomic mass is 9.93. The molecule has 3 heterocycles. The van der Waals surface area contributed by atoms with E-state index in [0.717, 1.165) is 94.7 Å². The van der Waals surface area contributed by atoms with E-state index in [0.29, 0.717) is 0 Å². The van der Waals surface area contributed by atoms with Gasteiger partial charge >= 0.3 is 0 Å². The minimum absolute atomic E-state index is 0.0158. The highest BCUT2D eigenvalue weighted by Crippen LogP contribution is 2.45. The molecule has 0 saturated heterocycles. The van der Waals surface area contributed by atoms with Crippen molar-refractivity contribution in [3.8, 4) is 11.1 Å². The zero-order chi connectivity index (χ0) is 36.7. The summed E-state index contributed by atoms with van der Waals surface area (Å²) in [4.78, 5) is 2.47. The molecule has 1 atom stereocenters. The Morgan fingerprint density at radius 2 is 1.02 bits per heavy atom. The highest BCUT2D eigenvalue weighted by atomic mass is 16.3. The number of rotatable bonds is 5. The number of anilines is 2. The second kappa shape index (κ2) is 12.1. The Hall–Kier alpha value is -7.30. The standard InChI is InChI=1S/C52H33NO3/c1-2-11-34-31-51-44(28-33(34)10-1)43-30-36(23-27-50(43)55-51)38-12-3-6-16-45(38)53(46-17-9-15-41-39-13-4-8-19-48(39)56-52(41)46)37-24-20-32(21-25-37)35-22-26-49-42(29-35)40-14-5-7-18-47(40)54-49/h1-24,26-31,37H,25H2. The Morgan fingerprint density at radius 1 is 0.429 bits per heavy atom. The molecule has 0 amide bonds. The molecule has 4 heteroatoms. The third-order valence-corrected chi connectivity index (χ3v) is 11.6. The van der Waals surface area contributed by atoms with Gasteiger partial charge in [-0.05, 0) is 94.6 Å². The third kappa shape index (κ3) is 4.79. The maximum absolute atomic E-state index is 6.71. The van der Waals surface area contributed by atoms with Gasteiger partial charge in [0.2, 0.25) is 0 Å². The highest BCUT2D eigenvalue weighted by molar-refractivity contribution is 6.12. The van der Waals surface area contributed by atoms with Crippen molar-refractivity contribution in [1.82, 2.24) is 0 Å². The fraction of sp³-hybridized carbons (Fsp3) is 0.0385. The van der Waals surface area contributed by atoms with Gasteiger partial charge in [0.05, 0.1) is 11.7 Å². The molecule has 1 aliphatic rings. The quantitative estimate of drug-likeness (QED) is 0.178. The summed E-state index contributed by atoms with van der Waals surface area (Å²) in [5.41, 5.74) is 12.2. The van der Waals surface area contributed by atoms with E-state index in [4.69, 9.17) is 13.3 Å². The van der Waals surface area contributed by atoms with Gasteiger partial charge in [-0.3, -0.25) is 0 Å². The minimum Gasteiger partial charge on any atom is -0.456 e. The van der Waals surface area contributed by atoms with Gasteiger partial charge in [0.1, 0.15) is 27.9 Å². The lowest BCUT2D eigenvalue weighted by Crippen LogP contribution is -2.30. The van der Waals surface area contributed by atoms with Crippen LogP contribution in [0, 0.1) is 0 Å². The average Bonchev–Trinajstić information content (AvgIpc) is 3.94. The number of allylic oxidation sites excluding steroid dienone is 2. The SMILES string of the molecule is C1=CC(N(c2ccccc2-c2ccc3oc4cc5ccccc5cc4c3c2)c2cccc3c2oc2ccccc23)CC=C1c1ccc2oc3ccccc3c2c1. The Labute approximate surface area is 321 Å². The van der Waals surface area contributed by atoms with Crippen LogP contribution in [-0.2, 0) is 0 Å². The van der Waals surface area contributed by atoms with Crippen molar-refractivity contribution in [3.63, 3.8) is 0 Å². The first-order valence-electron chi connectivity index (χ1n) is 19.2. The Kier molecular flexibility index (Phi) is 6.72. The summed E-state index contributed by atoms with van der Waals surface area (Å²) in [6.45, 7) is 0. The van der Waals surface area contributed by atoms with Crippen LogP contribution in [0.15, 0.2) is 195 Å². The molecule has 11 aromatic rings. The second-order valence-electron chi connectivity index (χ2n) is 14.8. The normalized spacial score (nSPS) is 14.6. The zero-order valence-corrected chi connectivity index (χ0v) is 30.3. The molecule has 56 heavy (non-hydrogen) atoms. The predicted molar refractivity (Wildman–Crippen MR) is 232 cm³/mol. The van der Waals surface area contributed by atoms with Crippen molar-refractivity contribution in [2.75, 3.05) is 4.90 Å². The van der Waals surface area contributed by atoms with Crippen LogP contribution in [0.1, 0.15) is 12.0 Å². The number of hydrogen-bond donors (Lipinski definition) is 0. The van der Waals surface area contributed by atoms with E-state index in [1.54, 1.807) is 0 Å². The van der Waals surface area contributed by atoms with Crippen molar-refractivity contribution in [2.45, 2.75) is 12.5 Å². The van der Waals surface area contributed by atoms with Gasteiger partial charge in [0, 0.05) is 43.6 Å². The van der Waals surface area contributed by atoms with Crippen LogP contribution in [0.25, 0.3) is 93.3 Å². The lowest BCUT2D eigenvalue weighted by Gasteiger charge is -2.34. The molecular weight excluding hydrogens is 687 g/mol. The summed E-state index contributed by atoms with van der Waals surface area (Å²) in [7, 11) is 0. The first-order valence-corrected chi connectivity index (χ1v) is 19.2. The predicted octanol–water partition coefficient (Wildman–Crippen LogP) is 14.8. The topological polar surface area (TPSA) is 42.7 Å². The third-order valence-electron chi connectivity index (χ3n) is 11.6. The molecule has 12 rings (SSSR count). The Morgan fingerprint density at radius 3 is 1.84 bits per heavy atom. The number of para-hydroxylation sites is 4. The van der Waals surface area contributed by atoms with Gasteiger partial charge in [-0.1, -0.05) is 121 Å². The van der Waals surface area contributed by atoms with E-state index < -0.39 is 0 Å². The van der Waals surface area contributed by atoms with Gasteiger partial charge in [-0.15, -0.1) is 0 Å². The van der Waals surface area contributed by atoms with Gasteiger partial charge < -0.3 is 18.2 Å². The number of fused-ring (bicyclic) bond motifs is 10. The van der Waals surface area contributed by atoms with Gasteiger partial charge in [0.25, 0.3) is 0 Å². The number of furan rings is 3. The summed E-state index contributed by atoms with van der Waals surface area (Å²) >= 11 is 0. The van der Waals surface area contributed by atoms with E-state index in [2.05, 4.69) is 169 Å². The molecule has 8 aromatic carbocycles. The van der Waals surface area contributed by atoms with Crippen molar-refractivity contribution >= 4 is 93.5 Å². The average molecular weight is 720 g/mol. The van der Waals surface area contributed by atoms with Crippen LogP contribution >= 0.6 is 0 Å². The minimum atomic E-state index is 0.0158. The number of hydrogen-bond acceptors (Lipinski definition) is 4. The van der Waals surface area contributed by atoms with Crippen LogP contribution in [0.2, 0.25) is 0 Å². The maximum atomic E-state index is 6.71. The molecule has 0 spiro atoms. The largest absolute Gasteiger partial charge is 0.456 e. The Balaban J connectivity index is 1.01. The van der Waals surface area contributed by atoms with Crippen LogP contribution in [0.4, 0.5) is 11.4 Å². The Bertz CT molecular complexity index is 3430. The fourth-order valence-corrected chi connectivity index (χ4v) is 8.89. The van der Waals surface area contributed by atoms with Crippen molar-refractivity contribution < 1.29 is 13.3 Å². The van der Waals surface area contributed by atoms with E-state index in [1.807, 2.05) is 18.2 Å². The smallest absolute Gasteiger partial charge is 0.159 e. The van der Waals surface area contributed by atoms with E-state index in [1.165, 1.54) is 21.9 Å². The molecule has 1 unspecified atom stereocenters. The molecule has 0 aliphatic heterocycles. The molecule has 264 valence electrons. The van der Waals surface area contributed by atoms with Gasteiger partial charge in [-0.25, -0.2) is 0 Å². The maximum Gasteiger partial charge on any atom is 0.159 e. The molecule has 0 radical (unpaired) electrons. The first-order chi connectivity index (χ1) is 27.7. The van der Waals surface area contributed by atoms with E-state index >= 15 is 0 Å². The summed E-state index contributed by atoms with van der Waals surface area (Å²) in [5.74, 6) is 0. The fourth-order valence-electron chi connectivity index (χ4n) is 8.89. The van der Waals surface area contributed by atoms with Crippen LogP contribution in [-0.4, -0.2) is 6.04 Å². The molecule has 1 aliphatic carbocycles. The summed E-state index contributed by atoms with van der Waals surface area (Å²) in [5, 5.41) is 9.10. The molecule has 3 aromatic heterocycles. The second-order valence-corrected chi connectivity index (χ2v) is 14.8. The van der Waals surface area contributed by atoms with Crippen molar-refractivity contribution in [1.29, 1.82) is 0 Å². The summed E-state index contributed by atoms with van der Waals surface area (Å²) < 4.78 is 19.3. The molecule has 0 saturated carbocycles.